The van der Waals surface area contributed by atoms with E-state index in [9.17, 15) is 10.1 Å². The summed E-state index contributed by atoms with van der Waals surface area (Å²) >= 11 is 0. The number of hydrogen-bond donors (Lipinski definition) is 0. The molecule has 0 amide bonds. The fraction of sp³-hybridized carbons (Fsp3) is 0.500. The zero-order valence-electron chi connectivity index (χ0n) is 10.1. The van der Waals surface area contributed by atoms with Gasteiger partial charge in [0.05, 0.1) is 4.92 Å². The molecule has 0 bridgehead atoms. The van der Waals surface area contributed by atoms with Crippen LogP contribution in [0.15, 0.2) is 12.1 Å². The lowest BCUT2D eigenvalue weighted by Gasteiger charge is -2.23. The molecular formula is C12H15NO4. The van der Waals surface area contributed by atoms with Gasteiger partial charge in [-0.25, -0.2) is 0 Å². The Hall–Kier alpha value is -1.78. The Kier molecular flexibility index (Phi) is 2.69. The van der Waals surface area contributed by atoms with Gasteiger partial charge >= 0.3 is 5.69 Å². The van der Waals surface area contributed by atoms with Crippen LogP contribution in [0.1, 0.15) is 26.3 Å². The number of ether oxygens (including phenoxy) is 2. The quantitative estimate of drug-likeness (QED) is 0.556. The number of benzene rings is 1. The minimum absolute atomic E-state index is 0.0212. The highest BCUT2D eigenvalue weighted by atomic mass is 16.6. The van der Waals surface area contributed by atoms with E-state index in [2.05, 4.69) is 0 Å². The first-order valence-electron chi connectivity index (χ1n) is 5.48. The van der Waals surface area contributed by atoms with E-state index in [1.165, 1.54) is 0 Å². The molecule has 0 saturated carbocycles. The van der Waals surface area contributed by atoms with Crippen LogP contribution < -0.4 is 9.47 Å². The van der Waals surface area contributed by atoms with Crippen molar-refractivity contribution >= 4 is 5.69 Å². The standard InChI is InChI=1S/C12H15NO4/c1-12(2,3)8-6-9(13(14)15)11-10(7-8)16-4-5-17-11/h6-7H,4-5H2,1-3H3. The fourth-order valence-electron chi connectivity index (χ4n) is 1.70. The molecule has 0 spiro atoms. The molecule has 1 aromatic rings. The van der Waals surface area contributed by atoms with E-state index in [0.717, 1.165) is 5.56 Å². The van der Waals surface area contributed by atoms with E-state index in [-0.39, 0.29) is 16.9 Å². The number of fused-ring (bicyclic) bond motifs is 1. The van der Waals surface area contributed by atoms with E-state index in [1.54, 1.807) is 6.07 Å². The second kappa shape index (κ2) is 3.91. The Morgan fingerprint density at radius 3 is 2.47 bits per heavy atom. The lowest BCUT2D eigenvalue weighted by atomic mass is 9.86. The lowest BCUT2D eigenvalue weighted by molar-refractivity contribution is -0.386. The summed E-state index contributed by atoms with van der Waals surface area (Å²) in [6.45, 7) is 6.78. The molecule has 0 unspecified atom stereocenters. The van der Waals surface area contributed by atoms with Gasteiger partial charge in [-0.3, -0.25) is 10.1 Å². The van der Waals surface area contributed by atoms with Crippen molar-refractivity contribution in [3.05, 3.63) is 27.8 Å². The van der Waals surface area contributed by atoms with Gasteiger partial charge in [0.1, 0.15) is 13.2 Å². The second-order valence-corrected chi connectivity index (χ2v) is 5.03. The number of nitro groups is 1. The summed E-state index contributed by atoms with van der Waals surface area (Å²) < 4.78 is 10.7. The maximum Gasteiger partial charge on any atom is 0.315 e. The van der Waals surface area contributed by atoms with Gasteiger partial charge in [0.2, 0.25) is 5.75 Å². The number of nitro benzene ring substituents is 1. The first-order chi connectivity index (χ1) is 7.89. The molecule has 5 heteroatoms. The van der Waals surface area contributed by atoms with E-state index < -0.39 is 4.92 Å². The van der Waals surface area contributed by atoms with Gasteiger partial charge in [-0.1, -0.05) is 20.8 Å². The molecule has 0 radical (unpaired) electrons. The Bertz CT molecular complexity index is 462. The molecule has 17 heavy (non-hydrogen) atoms. The highest BCUT2D eigenvalue weighted by Crippen LogP contribution is 2.42. The monoisotopic (exact) mass is 237 g/mol. The van der Waals surface area contributed by atoms with Gasteiger partial charge in [-0.15, -0.1) is 0 Å². The summed E-state index contributed by atoms with van der Waals surface area (Å²) in [5.74, 6) is 0.713. The average Bonchev–Trinajstić information content (AvgIpc) is 2.26. The number of rotatable bonds is 1. The highest BCUT2D eigenvalue weighted by Gasteiger charge is 2.28. The van der Waals surface area contributed by atoms with Crippen molar-refractivity contribution < 1.29 is 14.4 Å². The van der Waals surface area contributed by atoms with E-state index in [4.69, 9.17) is 9.47 Å². The molecule has 1 aliphatic heterocycles. The predicted molar refractivity (Wildman–Crippen MR) is 62.8 cm³/mol. The molecule has 0 fully saturated rings. The summed E-state index contributed by atoms with van der Waals surface area (Å²) in [5, 5.41) is 11.0. The van der Waals surface area contributed by atoms with E-state index in [1.807, 2.05) is 26.8 Å². The molecule has 2 rings (SSSR count). The van der Waals surface area contributed by atoms with Gasteiger partial charge < -0.3 is 9.47 Å². The zero-order valence-corrected chi connectivity index (χ0v) is 10.1. The first-order valence-corrected chi connectivity index (χ1v) is 5.48. The zero-order chi connectivity index (χ0) is 12.6. The number of hydrogen-bond acceptors (Lipinski definition) is 4. The van der Waals surface area contributed by atoms with Gasteiger partial charge in [0.25, 0.3) is 0 Å². The van der Waals surface area contributed by atoms with Crippen molar-refractivity contribution in [2.24, 2.45) is 0 Å². The second-order valence-electron chi connectivity index (χ2n) is 5.03. The fourth-order valence-corrected chi connectivity index (χ4v) is 1.70. The number of nitrogens with zero attached hydrogens (tertiary/aromatic N) is 1. The van der Waals surface area contributed by atoms with Crippen LogP contribution in [0, 0.1) is 10.1 Å². The predicted octanol–water partition coefficient (Wildman–Crippen LogP) is 2.66. The molecule has 0 aromatic heterocycles. The van der Waals surface area contributed by atoms with Crippen molar-refractivity contribution in [3.8, 4) is 11.5 Å². The van der Waals surface area contributed by atoms with Gasteiger partial charge in [0.15, 0.2) is 5.75 Å². The lowest BCUT2D eigenvalue weighted by Crippen LogP contribution is -2.18. The van der Waals surface area contributed by atoms with Crippen molar-refractivity contribution in [3.63, 3.8) is 0 Å². The molecule has 0 aliphatic carbocycles. The molecule has 1 heterocycles. The maximum atomic E-state index is 11.0. The topological polar surface area (TPSA) is 61.6 Å². The third kappa shape index (κ3) is 2.18. The van der Waals surface area contributed by atoms with Crippen LogP contribution in [0.5, 0.6) is 11.5 Å². The summed E-state index contributed by atoms with van der Waals surface area (Å²) in [4.78, 5) is 10.6. The Balaban J connectivity index is 2.60. The average molecular weight is 237 g/mol. The molecule has 1 aliphatic rings. The summed E-state index contributed by atoms with van der Waals surface area (Å²) in [6, 6.07) is 3.38. The third-order valence-electron chi connectivity index (χ3n) is 2.69. The van der Waals surface area contributed by atoms with Crippen molar-refractivity contribution in [2.75, 3.05) is 13.2 Å². The van der Waals surface area contributed by atoms with Crippen molar-refractivity contribution in [1.29, 1.82) is 0 Å². The Morgan fingerprint density at radius 2 is 1.88 bits per heavy atom. The van der Waals surface area contributed by atoms with Crippen LogP contribution in [0.2, 0.25) is 0 Å². The minimum atomic E-state index is -0.428. The van der Waals surface area contributed by atoms with Crippen LogP contribution in [-0.2, 0) is 5.41 Å². The van der Waals surface area contributed by atoms with Crippen LogP contribution in [-0.4, -0.2) is 18.1 Å². The van der Waals surface area contributed by atoms with Gasteiger partial charge in [0, 0.05) is 6.07 Å². The minimum Gasteiger partial charge on any atom is -0.486 e. The summed E-state index contributed by atoms with van der Waals surface area (Å²) in [7, 11) is 0. The molecule has 5 nitrogen and oxygen atoms in total. The Labute approximate surface area is 99.5 Å². The molecule has 92 valence electrons. The molecule has 0 saturated heterocycles. The van der Waals surface area contributed by atoms with Crippen molar-refractivity contribution in [2.45, 2.75) is 26.2 Å². The molecule has 0 atom stereocenters. The van der Waals surface area contributed by atoms with E-state index in [0.29, 0.717) is 19.0 Å². The SMILES string of the molecule is CC(C)(C)c1cc2c(c([N+](=O)[O-])c1)OCCO2. The molecule has 1 aromatic carbocycles. The molecular weight excluding hydrogens is 222 g/mol. The largest absolute Gasteiger partial charge is 0.486 e. The summed E-state index contributed by atoms with van der Waals surface area (Å²) in [6.07, 6.45) is 0. The van der Waals surface area contributed by atoms with Crippen molar-refractivity contribution in [1.82, 2.24) is 0 Å². The van der Waals surface area contributed by atoms with E-state index >= 15 is 0 Å². The van der Waals surface area contributed by atoms with Crippen LogP contribution in [0.3, 0.4) is 0 Å². The third-order valence-corrected chi connectivity index (χ3v) is 2.69. The highest BCUT2D eigenvalue weighted by molar-refractivity contribution is 5.59. The molecule has 0 N–H and O–H groups in total. The maximum absolute atomic E-state index is 11.0. The van der Waals surface area contributed by atoms with Gasteiger partial charge in [-0.2, -0.15) is 0 Å². The van der Waals surface area contributed by atoms with Gasteiger partial charge in [-0.05, 0) is 17.0 Å². The normalized spacial score (nSPS) is 14.5. The van der Waals surface area contributed by atoms with Crippen LogP contribution in [0.25, 0.3) is 0 Å². The first kappa shape index (κ1) is 11.7. The van der Waals surface area contributed by atoms with Crippen LogP contribution >= 0.6 is 0 Å². The summed E-state index contributed by atoms with van der Waals surface area (Å²) in [5.41, 5.74) is 0.682. The smallest absolute Gasteiger partial charge is 0.315 e. The Morgan fingerprint density at radius 1 is 1.24 bits per heavy atom. The van der Waals surface area contributed by atoms with Crippen LogP contribution in [0.4, 0.5) is 5.69 Å².